The number of aromatic nitrogens is 4. The minimum atomic E-state index is 0.0744. The van der Waals surface area contributed by atoms with Gasteiger partial charge in [0.05, 0.1) is 0 Å². The summed E-state index contributed by atoms with van der Waals surface area (Å²) < 4.78 is 2.29. The van der Waals surface area contributed by atoms with Crippen LogP contribution in [0, 0.1) is 0 Å². The lowest BCUT2D eigenvalue weighted by atomic mass is 10.0. The molecule has 0 radical (unpaired) electrons. The number of imidazole rings is 1. The molecule has 1 aliphatic heterocycles. The van der Waals surface area contributed by atoms with Gasteiger partial charge < -0.3 is 19.4 Å². The van der Waals surface area contributed by atoms with Crippen LogP contribution >= 0.6 is 0 Å². The topological polar surface area (TPSA) is 70.1 Å². The van der Waals surface area contributed by atoms with Gasteiger partial charge in [-0.1, -0.05) is 13.0 Å². The number of piperidine rings is 1. The van der Waals surface area contributed by atoms with Gasteiger partial charge in [0.15, 0.2) is 5.65 Å². The third-order valence-electron chi connectivity index (χ3n) is 6.31. The Kier molecular flexibility index (Phi) is 4.88. The van der Waals surface area contributed by atoms with Gasteiger partial charge in [-0.3, -0.25) is 4.79 Å². The number of anilines is 1. The Morgan fingerprint density at radius 3 is 2.74 bits per heavy atom. The number of aryl methyl sites for hydroxylation is 1. The van der Waals surface area contributed by atoms with E-state index in [-0.39, 0.29) is 5.91 Å². The van der Waals surface area contributed by atoms with E-state index in [9.17, 15) is 4.79 Å². The van der Waals surface area contributed by atoms with E-state index < -0.39 is 0 Å². The van der Waals surface area contributed by atoms with E-state index in [1.165, 1.54) is 0 Å². The monoisotopic (exact) mass is 416 g/mol. The minimum Gasteiger partial charge on any atom is -0.378 e. The van der Waals surface area contributed by atoms with E-state index in [1.54, 1.807) is 0 Å². The standard InChI is InChI=1S/C24H28N6O/c1-4-22-27-19-6-5-11-25-23(19)30(22)17-9-12-29(13-10-17)24(31)21-14-16-7-8-18(28(2)3)15-20(16)26-21/h5-8,11,14-15,17,26H,4,9-10,12-13H2,1-3H3. The molecule has 160 valence electrons. The molecule has 0 spiro atoms. The lowest BCUT2D eigenvalue weighted by Gasteiger charge is -2.33. The van der Waals surface area contributed by atoms with Gasteiger partial charge in [0, 0.05) is 62.4 Å². The highest BCUT2D eigenvalue weighted by Gasteiger charge is 2.28. The number of nitrogens with zero attached hydrogens (tertiary/aromatic N) is 5. The summed E-state index contributed by atoms with van der Waals surface area (Å²) in [5.41, 5.74) is 4.67. The van der Waals surface area contributed by atoms with Crippen LogP contribution in [0.25, 0.3) is 22.1 Å². The molecule has 1 aliphatic rings. The number of benzene rings is 1. The third kappa shape index (κ3) is 3.44. The van der Waals surface area contributed by atoms with Crippen LogP contribution in [0.2, 0.25) is 0 Å². The Balaban J connectivity index is 1.34. The maximum atomic E-state index is 13.2. The summed E-state index contributed by atoms with van der Waals surface area (Å²) in [4.78, 5) is 29.9. The Labute approximate surface area is 181 Å². The maximum Gasteiger partial charge on any atom is 0.270 e. The van der Waals surface area contributed by atoms with Crippen molar-refractivity contribution in [3.8, 4) is 0 Å². The van der Waals surface area contributed by atoms with Crippen molar-refractivity contribution in [3.63, 3.8) is 0 Å². The van der Waals surface area contributed by atoms with Crippen molar-refractivity contribution >= 4 is 33.7 Å². The van der Waals surface area contributed by atoms with Crippen molar-refractivity contribution in [2.24, 2.45) is 0 Å². The molecule has 1 saturated heterocycles. The zero-order chi connectivity index (χ0) is 21.5. The smallest absolute Gasteiger partial charge is 0.270 e. The first-order chi connectivity index (χ1) is 15.0. The lowest BCUT2D eigenvalue weighted by Crippen LogP contribution is -2.39. The summed E-state index contributed by atoms with van der Waals surface area (Å²) >= 11 is 0. The first-order valence-corrected chi connectivity index (χ1v) is 11.0. The van der Waals surface area contributed by atoms with E-state index in [0.717, 1.165) is 65.9 Å². The number of hydrogen-bond donors (Lipinski definition) is 1. The van der Waals surface area contributed by atoms with E-state index >= 15 is 0 Å². The highest BCUT2D eigenvalue weighted by Crippen LogP contribution is 2.29. The summed E-state index contributed by atoms with van der Waals surface area (Å²) in [6.07, 6.45) is 4.52. The van der Waals surface area contributed by atoms with Gasteiger partial charge in [0.1, 0.15) is 17.0 Å². The average molecular weight is 417 g/mol. The number of carbonyl (C=O) groups excluding carboxylic acids is 1. The predicted molar refractivity (Wildman–Crippen MR) is 124 cm³/mol. The van der Waals surface area contributed by atoms with Crippen molar-refractivity contribution in [1.82, 2.24) is 24.4 Å². The van der Waals surface area contributed by atoms with E-state index in [2.05, 4.69) is 44.6 Å². The van der Waals surface area contributed by atoms with Gasteiger partial charge in [-0.15, -0.1) is 0 Å². The molecular weight excluding hydrogens is 388 g/mol. The first kappa shape index (κ1) is 19.6. The fourth-order valence-electron chi connectivity index (χ4n) is 4.62. The number of H-pyrrole nitrogens is 1. The second-order valence-corrected chi connectivity index (χ2v) is 8.47. The maximum absolute atomic E-state index is 13.2. The van der Waals surface area contributed by atoms with Gasteiger partial charge in [0.25, 0.3) is 5.91 Å². The summed E-state index contributed by atoms with van der Waals surface area (Å²) in [6, 6.07) is 12.5. The van der Waals surface area contributed by atoms with Crippen molar-refractivity contribution in [1.29, 1.82) is 0 Å². The number of amides is 1. The average Bonchev–Trinajstić information content (AvgIpc) is 3.39. The SMILES string of the molecule is CCc1nc2cccnc2n1C1CCN(C(=O)c2cc3ccc(N(C)C)cc3[nH]2)CC1. The Morgan fingerprint density at radius 1 is 1.19 bits per heavy atom. The van der Waals surface area contributed by atoms with Crippen LogP contribution < -0.4 is 4.90 Å². The molecule has 7 heteroatoms. The van der Waals surface area contributed by atoms with Gasteiger partial charge in [-0.25, -0.2) is 9.97 Å². The second-order valence-electron chi connectivity index (χ2n) is 8.47. The molecule has 4 heterocycles. The van der Waals surface area contributed by atoms with E-state index in [0.29, 0.717) is 11.7 Å². The summed E-state index contributed by atoms with van der Waals surface area (Å²) in [6.45, 7) is 3.60. The number of pyridine rings is 1. The molecule has 1 amide bonds. The largest absolute Gasteiger partial charge is 0.378 e. The van der Waals surface area contributed by atoms with Gasteiger partial charge in [0.2, 0.25) is 0 Å². The van der Waals surface area contributed by atoms with Crippen molar-refractivity contribution in [2.45, 2.75) is 32.2 Å². The number of fused-ring (bicyclic) bond motifs is 2. The Hall–Kier alpha value is -3.35. The number of hydrogen-bond acceptors (Lipinski definition) is 4. The highest BCUT2D eigenvalue weighted by molar-refractivity contribution is 5.98. The molecule has 4 aromatic rings. The Morgan fingerprint density at radius 2 is 2.00 bits per heavy atom. The minimum absolute atomic E-state index is 0.0744. The van der Waals surface area contributed by atoms with Gasteiger partial charge in [-0.2, -0.15) is 0 Å². The van der Waals surface area contributed by atoms with Crippen LogP contribution in [0.4, 0.5) is 5.69 Å². The fourth-order valence-corrected chi connectivity index (χ4v) is 4.62. The van der Waals surface area contributed by atoms with Crippen molar-refractivity contribution in [2.75, 3.05) is 32.1 Å². The number of rotatable bonds is 4. The molecule has 0 bridgehead atoms. The third-order valence-corrected chi connectivity index (χ3v) is 6.31. The zero-order valence-corrected chi connectivity index (χ0v) is 18.3. The first-order valence-electron chi connectivity index (χ1n) is 11.0. The molecular formula is C24H28N6O. The Bertz CT molecular complexity index is 1250. The van der Waals surface area contributed by atoms with Gasteiger partial charge >= 0.3 is 0 Å². The number of nitrogens with one attached hydrogen (secondary N) is 1. The fraction of sp³-hybridized carbons (Fsp3) is 0.375. The molecule has 0 atom stereocenters. The zero-order valence-electron chi connectivity index (χ0n) is 18.3. The van der Waals surface area contributed by atoms with Crippen LogP contribution in [-0.2, 0) is 6.42 Å². The molecule has 5 rings (SSSR count). The second kappa shape index (κ2) is 7.72. The normalized spacial score (nSPS) is 15.1. The summed E-state index contributed by atoms with van der Waals surface area (Å²) in [5.74, 6) is 1.15. The molecule has 3 aromatic heterocycles. The molecule has 1 N–H and O–H groups in total. The van der Waals surface area contributed by atoms with Crippen molar-refractivity contribution in [3.05, 3.63) is 54.1 Å². The molecule has 0 aliphatic carbocycles. The van der Waals surface area contributed by atoms with Crippen LogP contribution in [0.3, 0.4) is 0 Å². The van der Waals surface area contributed by atoms with E-state index in [4.69, 9.17) is 4.98 Å². The van der Waals surface area contributed by atoms with E-state index in [1.807, 2.05) is 43.4 Å². The number of likely N-dealkylation sites (tertiary alicyclic amines) is 1. The molecule has 31 heavy (non-hydrogen) atoms. The molecule has 1 fully saturated rings. The number of aromatic amines is 1. The van der Waals surface area contributed by atoms with Crippen LogP contribution in [-0.4, -0.2) is 57.5 Å². The number of carbonyl (C=O) groups is 1. The van der Waals surface area contributed by atoms with Crippen LogP contribution in [0.5, 0.6) is 0 Å². The lowest BCUT2D eigenvalue weighted by molar-refractivity contribution is 0.0690. The van der Waals surface area contributed by atoms with Crippen molar-refractivity contribution < 1.29 is 4.79 Å². The summed E-state index contributed by atoms with van der Waals surface area (Å²) in [7, 11) is 4.03. The highest BCUT2D eigenvalue weighted by atomic mass is 16.2. The molecule has 7 nitrogen and oxygen atoms in total. The molecule has 0 unspecified atom stereocenters. The summed E-state index contributed by atoms with van der Waals surface area (Å²) in [5, 5.41) is 1.06. The quantitative estimate of drug-likeness (QED) is 0.546. The van der Waals surface area contributed by atoms with Crippen LogP contribution in [0.15, 0.2) is 42.6 Å². The van der Waals surface area contributed by atoms with Gasteiger partial charge in [-0.05, 0) is 43.2 Å². The predicted octanol–water partition coefficient (Wildman–Crippen LogP) is 4.02. The molecule has 0 saturated carbocycles. The molecule has 1 aromatic carbocycles. The van der Waals surface area contributed by atoms with Crippen LogP contribution in [0.1, 0.15) is 42.1 Å².